The van der Waals surface area contributed by atoms with Crippen LogP contribution in [0.2, 0.25) is 0 Å². The maximum absolute atomic E-state index is 12.9. The highest BCUT2D eigenvalue weighted by molar-refractivity contribution is 7.92. The Morgan fingerprint density at radius 3 is 2.18 bits per heavy atom. The van der Waals surface area contributed by atoms with Gasteiger partial charge in [-0.1, -0.05) is 32.9 Å². The molecule has 3 aromatic rings. The molecule has 148 valence electrons. The molecule has 0 saturated heterocycles. The van der Waals surface area contributed by atoms with E-state index in [0.29, 0.717) is 33.5 Å². The fourth-order valence-electron chi connectivity index (χ4n) is 3.25. The first kappa shape index (κ1) is 20.1. The summed E-state index contributed by atoms with van der Waals surface area (Å²) in [6.45, 7) is 11.2. The molecule has 0 aliphatic rings. The molecule has 2 aromatic carbocycles. The van der Waals surface area contributed by atoms with Crippen molar-refractivity contribution in [2.75, 3.05) is 4.72 Å². The number of rotatable bonds is 4. The largest absolute Gasteiger partial charge is 0.461 e. The molecule has 0 unspecified atom stereocenters. The highest BCUT2D eigenvalue weighted by Crippen LogP contribution is 2.32. The first-order valence-electron chi connectivity index (χ1n) is 9.08. The lowest BCUT2D eigenvalue weighted by atomic mass is 9.87. The minimum Gasteiger partial charge on any atom is -0.461 e. The van der Waals surface area contributed by atoms with E-state index in [0.717, 1.165) is 5.56 Å². The van der Waals surface area contributed by atoms with Gasteiger partial charge in [-0.15, -0.1) is 0 Å². The summed E-state index contributed by atoms with van der Waals surface area (Å²) in [5.74, 6) is 0.409. The van der Waals surface area contributed by atoms with Gasteiger partial charge >= 0.3 is 0 Å². The van der Waals surface area contributed by atoms with Crippen molar-refractivity contribution in [3.63, 3.8) is 0 Å². The van der Waals surface area contributed by atoms with Gasteiger partial charge in [-0.25, -0.2) is 8.42 Å². The molecule has 0 saturated carbocycles. The third-order valence-corrected chi connectivity index (χ3v) is 6.22. The van der Waals surface area contributed by atoms with Crippen LogP contribution in [0, 0.1) is 13.8 Å². The number of furan rings is 1. The minimum absolute atomic E-state index is 0.0560. The number of anilines is 1. The van der Waals surface area contributed by atoms with E-state index < -0.39 is 10.0 Å². The first-order valence-corrected chi connectivity index (χ1v) is 10.6. The molecular formula is C22H25NO4S. The van der Waals surface area contributed by atoms with Crippen LogP contribution in [0.1, 0.15) is 54.9 Å². The smallest absolute Gasteiger partial charge is 0.261 e. The second kappa shape index (κ2) is 6.78. The number of ketones is 1. The molecule has 28 heavy (non-hydrogen) atoms. The Labute approximate surface area is 165 Å². The summed E-state index contributed by atoms with van der Waals surface area (Å²) in [6, 6.07) is 10.3. The lowest BCUT2D eigenvalue weighted by molar-refractivity contribution is 0.101. The molecule has 5 nitrogen and oxygen atoms in total. The van der Waals surface area contributed by atoms with Gasteiger partial charge in [0, 0.05) is 5.39 Å². The Hall–Kier alpha value is -2.60. The zero-order valence-corrected chi connectivity index (χ0v) is 17.8. The van der Waals surface area contributed by atoms with Crippen LogP contribution in [0.5, 0.6) is 0 Å². The van der Waals surface area contributed by atoms with Gasteiger partial charge in [0.1, 0.15) is 11.3 Å². The molecule has 0 aliphatic carbocycles. The fourth-order valence-corrected chi connectivity index (χ4v) is 4.37. The molecule has 0 fully saturated rings. The molecule has 0 spiro atoms. The number of nitrogens with one attached hydrogen (secondary N) is 1. The van der Waals surface area contributed by atoms with Crippen molar-refractivity contribution >= 4 is 32.5 Å². The summed E-state index contributed by atoms with van der Waals surface area (Å²) < 4.78 is 34.1. The number of sulfonamides is 1. The van der Waals surface area contributed by atoms with E-state index in [2.05, 4.69) is 25.5 Å². The maximum atomic E-state index is 12.9. The average Bonchev–Trinajstić information content (AvgIpc) is 2.89. The SMILES string of the molecule is CC(=O)c1c(C)oc2cc(C)c(NS(=O)(=O)c3ccc(C(C)(C)C)cc3)cc12. The van der Waals surface area contributed by atoms with Gasteiger partial charge in [-0.2, -0.15) is 0 Å². The molecule has 0 amide bonds. The Kier molecular flexibility index (Phi) is 4.88. The summed E-state index contributed by atoms with van der Waals surface area (Å²) in [6.07, 6.45) is 0. The van der Waals surface area contributed by atoms with Crippen molar-refractivity contribution in [3.05, 3.63) is 58.8 Å². The molecule has 0 radical (unpaired) electrons. The van der Waals surface area contributed by atoms with Crippen LogP contribution in [0.3, 0.4) is 0 Å². The van der Waals surface area contributed by atoms with Crippen molar-refractivity contribution in [2.24, 2.45) is 0 Å². The summed E-state index contributed by atoms with van der Waals surface area (Å²) in [4.78, 5) is 12.1. The normalized spacial score (nSPS) is 12.4. The Bertz CT molecular complexity index is 1160. The molecule has 0 aliphatic heterocycles. The number of hydrogen-bond acceptors (Lipinski definition) is 4. The van der Waals surface area contributed by atoms with Gasteiger partial charge in [0.05, 0.1) is 16.1 Å². The number of benzene rings is 2. The Balaban J connectivity index is 2.02. The van der Waals surface area contributed by atoms with Crippen LogP contribution < -0.4 is 4.72 Å². The summed E-state index contributed by atoms with van der Waals surface area (Å²) in [5, 5.41) is 0.608. The molecule has 0 bridgehead atoms. The number of carbonyl (C=O) groups excluding carboxylic acids is 1. The highest BCUT2D eigenvalue weighted by atomic mass is 32.2. The van der Waals surface area contributed by atoms with Crippen molar-refractivity contribution in [2.45, 2.75) is 51.9 Å². The van der Waals surface area contributed by atoms with Crippen LogP contribution >= 0.6 is 0 Å². The number of fused-ring (bicyclic) bond motifs is 1. The summed E-state index contributed by atoms with van der Waals surface area (Å²) in [5.41, 5.74) is 3.19. The second-order valence-corrected chi connectivity index (χ2v) is 9.82. The second-order valence-electron chi connectivity index (χ2n) is 8.13. The minimum atomic E-state index is -3.76. The van der Waals surface area contributed by atoms with Crippen LogP contribution in [0.25, 0.3) is 11.0 Å². The Morgan fingerprint density at radius 1 is 1.04 bits per heavy atom. The predicted molar refractivity (Wildman–Crippen MR) is 112 cm³/mol. The van der Waals surface area contributed by atoms with Crippen LogP contribution in [-0.2, 0) is 15.4 Å². The van der Waals surface area contributed by atoms with Crippen LogP contribution in [-0.4, -0.2) is 14.2 Å². The number of Topliss-reactive ketones (excluding diaryl/α,β-unsaturated/α-hetero) is 1. The topological polar surface area (TPSA) is 76.4 Å². The molecular weight excluding hydrogens is 374 g/mol. The number of carbonyl (C=O) groups is 1. The van der Waals surface area contributed by atoms with Crippen molar-refractivity contribution < 1.29 is 17.6 Å². The molecule has 1 N–H and O–H groups in total. The first-order chi connectivity index (χ1) is 12.9. The zero-order valence-electron chi connectivity index (χ0n) is 17.0. The van der Waals surface area contributed by atoms with Gasteiger partial charge in [-0.05, 0) is 61.6 Å². The van der Waals surface area contributed by atoms with E-state index >= 15 is 0 Å². The van der Waals surface area contributed by atoms with Gasteiger partial charge in [-0.3, -0.25) is 9.52 Å². The molecule has 0 atom stereocenters. The highest BCUT2D eigenvalue weighted by Gasteiger charge is 2.21. The van der Waals surface area contributed by atoms with Gasteiger partial charge in [0.25, 0.3) is 10.0 Å². The van der Waals surface area contributed by atoms with Gasteiger partial charge in [0.2, 0.25) is 0 Å². The lowest BCUT2D eigenvalue weighted by Gasteiger charge is -2.19. The van der Waals surface area contributed by atoms with Crippen molar-refractivity contribution in [1.82, 2.24) is 0 Å². The lowest BCUT2D eigenvalue weighted by Crippen LogP contribution is -2.15. The monoisotopic (exact) mass is 399 g/mol. The van der Waals surface area contributed by atoms with E-state index in [1.807, 2.05) is 12.1 Å². The zero-order chi connectivity index (χ0) is 20.9. The third kappa shape index (κ3) is 3.69. The summed E-state index contributed by atoms with van der Waals surface area (Å²) in [7, 11) is -3.76. The number of aryl methyl sites for hydroxylation is 2. The maximum Gasteiger partial charge on any atom is 0.261 e. The van der Waals surface area contributed by atoms with E-state index in [9.17, 15) is 13.2 Å². The van der Waals surface area contributed by atoms with Crippen LogP contribution in [0.4, 0.5) is 5.69 Å². The standard InChI is InChI=1S/C22H25NO4S/c1-13-11-20-18(21(14(2)24)15(3)27-20)12-19(13)23-28(25,26)17-9-7-16(8-10-17)22(4,5)6/h7-12,23H,1-6H3. The average molecular weight is 400 g/mol. The predicted octanol–water partition coefficient (Wildman–Crippen LogP) is 5.35. The molecule has 6 heteroatoms. The van der Waals surface area contributed by atoms with E-state index in [1.165, 1.54) is 6.92 Å². The molecule has 1 aromatic heterocycles. The fraction of sp³-hybridized carbons (Fsp3) is 0.318. The van der Waals surface area contributed by atoms with Gasteiger partial charge < -0.3 is 4.42 Å². The van der Waals surface area contributed by atoms with E-state index in [1.54, 1.807) is 38.1 Å². The third-order valence-electron chi connectivity index (χ3n) is 4.84. The molecule has 3 rings (SSSR count). The van der Waals surface area contributed by atoms with E-state index in [4.69, 9.17) is 4.42 Å². The van der Waals surface area contributed by atoms with E-state index in [-0.39, 0.29) is 16.1 Å². The van der Waals surface area contributed by atoms with Crippen LogP contribution in [0.15, 0.2) is 45.7 Å². The number of hydrogen-bond donors (Lipinski definition) is 1. The summed E-state index contributed by atoms with van der Waals surface area (Å²) >= 11 is 0. The molecule has 1 heterocycles. The van der Waals surface area contributed by atoms with Crippen molar-refractivity contribution in [3.8, 4) is 0 Å². The Morgan fingerprint density at radius 2 is 1.64 bits per heavy atom. The van der Waals surface area contributed by atoms with Gasteiger partial charge in [0.15, 0.2) is 5.78 Å². The quantitative estimate of drug-likeness (QED) is 0.600. The van der Waals surface area contributed by atoms with Crippen molar-refractivity contribution in [1.29, 1.82) is 0 Å².